The van der Waals surface area contributed by atoms with Crippen molar-refractivity contribution < 1.29 is 4.79 Å². The minimum atomic E-state index is 0.0449. The number of rotatable bonds is 4. The van der Waals surface area contributed by atoms with Crippen molar-refractivity contribution in [3.8, 4) is 0 Å². The molecular formula is C17H19N3O. The molecule has 0 saturated carbocycles. The van der Waals surface area contributed by atoms with Crippen LogP contribution in [0.25, 0.3) is 0 Å². The molecule has 21 heavy (non-hydrogen) atoms. The fourth-order valence-corrected chi connectivity index (χ4v) is 2.68. The molecule has 4 nitrogen and oxygen atoms in total. The topological polar surface area (TPSA) is 58.4 Å². The van der Waals surface area contributed by atoms with Crippen LogP contribution in [0.5, 0.6) is 0 Å². The van der Waals surface area contributed by atoms with Crippen LogP contribution in [0.3, 0.4) is 0 Å². The summed E-state index contributed by atoms with van der Waals surface area (Å²) < 4.78 is 0. The predicted molar refractivity (Wildman–Crippen MR) is 85.1 cm³/mol. The van der Waals surface area contributed by atoms with E-state index in [0.717, 1.165) is 29.9 Å². The fraction of sp³-hybridized carbons (Fsp3) is 0.235. The van der Waals surface area contributed by atoms with E-state index in [9.17, 15) is 4.79 Å². The maximum absolute atomic E-state index is 12.1. The molecule has 2 aromatic carbocycles. The van der Waals surface area contributed by atoms with Crippen LogP contribution in [0, 0.1) is 0 Å². The Morgan fingerprint density at radius 2 is 2.00 bits per heavy atom. The number of benzene rings is 2. The second-order valence-electron chi connectivity index (χ2n) is 5.32. The number of amides is 1. The van der Waals surface area contributed by atoms with Gasteiger partial charge in [0.1, 0.15) is 0 Å². The first-order valence-electron chi connectivity index (χ1n) is 7.16. The van der Waals surface area contributed by atoms with Gasteiger partial charge in [-0.25, -0.2) is 0 Å². The van der Waals surface area contributed by atoms with Crippen LogP contribution in [-0.4, -0.2) is 19.0 Å². The lowest BCUT2D eigenvalue weighted by Gasteiger charge is -2.19. The van der Waals surface area contributed by atoms with Gasteiger partial charge in [-0.3, -0.25) is 4.79 Å². The molecule has 0 saturated heterocycles. The van der Waals surface area contributed by atoms with Gasteiger partial charge in [-0.15, -0.1) is 0 Å². The molecule has 4 heteroatoms. The Hall–Kier alpha value is -2.49. The molecule has 1 aliphatic rings. The number of nitrogens with zero attached hydrogens (tertiary/aromatic N) is 1. The zero-order chi connectivity index (χ0) is 14.7. The van der Waals surface area contributed by atoms with E-state index in [4.69, 9.17) is 5.73 Å². The fourth-order valence-electron chi connectivity index (χ4n) is 2.68. The van der Waals surface area contributed by atoms with Gasteiger partial charge in [0.25, 0.3) is 0 Å². The minimum absolute atomic E-state index is 0.0449. The monoisotopic (exact) mass is 281 g/mol. The summed E-state index contributed by atoms with van der Waals surface area (Å²) in [6, 6.07) is 15.8. The summed E-state index contributed by atoms with van der Waals surface area (Å²) in [5, 5.41) is 2.96. The van der Waals surface area contributed by atoms with Crippen LogP contribution in [0.2, 0.25) is 0 Å². The minimum Gasteiger partial charge on any atom is -0.399 e. The van der Waals surface area contributed by atoms with Gasteiger partial charge in [0, 0.05) is 24.5 Å². The van der Waals surface area contributed by atoms with E-state index < -0.39 is 0 Å². The van der Waals surface area contributed by atoms with E-state index in [1.807, 2.05) is 48.5 Å². The Balaban J connectivity index is 1.57. The van der Waals surface area contributed by atoms with Crippen molar-refractivity contribution in [3.63, 3.8) is 0 Å². The normalized spacial score (nSPS) is 13.0. The lowest BCUT2D eigenvalue weighted by Crippen LogP contribution is -2.36. The van der Waals surface area contributed by atoms with Gasteiger partial charge >= 0.3 is 0 Å². The first-order chi connectivity index (χ1) is 10.2. The summed E-state index contributed by atoms with van der Waals surface area (Å²) in [6.45, 7) is 1.84. The lowest BCUT2D eigenvalue weighted by molar-refractivity contribution is -0.119. The lowest BCUT2D eigenvalue weighted by atomic mass is 10.1. The van der Waals surface area contributed by atoms with Crippen molar-refractivity contribution in [2.45, 2.75) is 13.0 Å². The highest BCUT2D eigenvalue weighted by atomic mass is 16.2. The number of fused-ring (bicyclic) bond motifs is 1. The molecule has 0 spiro atoms. The quantitative estimate of drug-likeness (QED) is 0.842. The third-order valence-corrected chi connectivity index (χ3v) is 3.76. The van der Waals surface area contributed by atoms with Gasteiger partial charge in [-0.2, -0.15) is 0 Å². The molecule has 1 heterocycles. The SMILES string of the molecule is Nc1ccc2c(c1)CCN2CC(=O)NCc1ccccc1. The van der Waals surface area contributed by atoms with Gasteiger partial charge in [-0.05, 0) is 35.7 Å². The van der Waals surface area contributed by atoms with Crippen LogP contribution < -0.4 is 16.0 Å². The van der Waals surface area contributed by atoms with Crippen molar-refractivity contribution >= 4 is 17.3 Å². The van der Waals surface area contributed by atoms with E-state index in [0.29, 0.717) is 13.1 Å². The second kappa shape index (κ2) is 5.87. The number of nitrogens with one attached hydrogen (secondary N) is 1. The highest BCUT2D eigenvalue weighted by Crippen LogP contribution is 2.29. The number of nitrogen functional groups attached to an aromatic ring is 1. The molecular weight excluding hydrogens is 262 g/mol. The smallest absolute Gasteiger partial charge is 0.239 e. The van der Waals surface area contributed by atoms with Crippen LogP contribution in [0.1, 0.15) is 11.1 Å². The Bertz CT molecular complexity index is 640. The number of hydrogen-bond donors (Lipinski definition) is 2. The summed E-state index contributed by atoms with van der Waals surface area (Å²) >= 11 is 0. The molecule has 0 fully saturated rings. The molecule has 0 radical (unpaired) electrons. The molecule has 0 atom stereocenters. The molecule has 0 aliphatic carbocycles. The van der Waals surface area contributed by atoms with Gasteiger partial charge < -0.3 is 16.0 Å². The van der Waals surface area contributed by atoms with E-state index in [1.165, 1.54) is 5.56 Å². The summed E-state index contributed by atoms with van der Waals surface area (Å²) in [5.41, 5.74) is 10.0. The number of carbonyl (C=O) groups is 1. The van der Waals surface area contributed by atoms with E-state index in [-0.39, 0.29) is 5.91 Å². The number of hydrogen-bond acceptors (Lipinski definition) is 3. The molecule has 1 amide bonds. The Morgan fingerprint density at radius 3 is 2.81 bits per heavy atom. The van der Waals surface area contributed by atoms with Crippen LogP contribution >= 0.6 is 0 Å². The largest absolute Gasteiger partial charge is 0.399 e. The summed E-state index contributed by atoms with van der Waals surface area (Å²) in [6.07, 6.45) is 0.951. The van der Waals surface area contributed by atoms with Crippen LogP contribution in [0.4, 0.5) is 11.4 Å². The van der Waals surface area contributed by atoms with Crippen molar-refractivity contribution in [2.24, 2.45) is 0 Å². The molecule has 0 bridgehead atoms. The van der Waals surface area contributed by atoms with Crippen LogP contribution in [-0.2, 0) is 17.8 Å². The zero-order valence-electron chi connectivity index (χ0n) is 11.9. The summed E-state index contributed by atoms with van der Waals surface area (Å²) in [4.78, 5) is 14.2. The predicted octanol–water partition coefficient (Wildman–Crippen LogP) is 1.95. The third-order valence-electron chi connectivity index (χ3n) is 3.76. The molecule has 108 valence electrons. The number of anilines is 2. The van der Waals surface area contributed by atoms with Crippen molar-refractivity contribution in [1.29, 1.82) is 0 Å². The second-order valence-corrected chi connectivity index (χ2v) is 5.32. The van der Waals surface area contributed by atoms with Crippen LogP contribution in [0.15, 0.2) is 48.5 Å². The van der Waals surface area contributed by atoms with E-state index in [1.54, 1.807) is 0 Å². The van der Waals surface area contributed by atoms with Crippen molar-refractivity contribution in [1.82, 2.24) is 5.32 Å². The summed E-state index contributed by atoms with van der Waals surface area (Å²) in [5.74, 6) is 0.0449. The molecule has 0 unspecified atom stereocenters. The van der Waals surface area contributed by atoms with Gasteiger partial charge in [0.2, 0.25) is 5.91 Å². The molecule has 2 aromatic rings. The van der Waals surface area contributed by atoms with Gasteiger partial charge in [0.05, 0.1) is 6.54 Å². The summed E-state index contributed by atoms with van der Waals surface area (Å²) in [7, 11) is 0. The van der Waals surface area contributed by atoms with Crippen molar-refractivity contribution in [2.75, 3.05) is 23.7 Å². The standard InChI is InChI=1S/C17H19N3O/c18-15-6-7-16-14(10-15)8-9-20(16)12-17(21)19-11-13-4-2-1-3-5-13/h1-7,10H,8-9,11-12,18H2,(H,19,21). The zero-order valence-corrected chi connectivity index (χ0v) is 11.9. The van der Waals surface area contributed by atoms with E-state index >= 15 is 0 Å². The first-order valence-corrected chi connectivity index (χ1v) is 7.16. The highest BCUT2D eigenvalue weighted by molar-refractivity contribution is 5.82. The molecule has 1 aliphatic heterocycles. The maximum atomic E-state index is 12.1. The molecule has 3 N–H and O–H groups in total. The number of nitrogens with two attached hydrogens (primary N) is 1. The molecule has 0 aromatic heterocycles. The Labute approximate surface area is 124 Å². The number of carbonyl (C=O) groups excluding carboxylic acids is 1. The van der Waals surface area contributed by atoms with Crippen molar-refractivity contribution in [3.05, 3.63) is 59.7 Å². The average Bonchev–Trinajstić information content (AvgIpc) is 2.88. The average molecular weight is 281 g/mol. The van der Waals surface area contributed by atoms with E-state index in [2.05, 4.69) is 10.2 Å². The Kier molecular flexibility index (Phi) is 3.77. The maximum Gasteiger partial charge on any atom is 0.239 e. The first kappa shape index (κ1) is 13.5. The highest BCUT2D eigenvalue weighted by Gasteiger charge is 2.20. The Morgan fingerprint density at radius 1 is 1.19 bits per heavy atom. The van der Waals surface area contributed by atoms with Gasteiger partial charge in [-0.1, -0.05) is 30.3 Å². The third kappa shape index (κ3) is 3.16. The molecule has 3 rings (SSSR count). The van der Waals surface area contributed by atoms with Gasteiger partial charge in [0.15, 0.2) is 0 Å².